The maximum Gasteiger partial charge on any atom is 0.255 e. The molecule has 0 bridgehead atoms. The van der Waals surface area contributed by atoms with Gasteiger partial charge in [0.25, 0.3) is 5.91 Å². The molecule has 0 aliphatic carbocycles. The summed E-state index contributed by atoms with van der Waals surface area (Å²) in [5, 5.41) is 4.31. The molecule has 7 heteroatoms. The van der Waals surface area contributed by atoms with Crippen LogP contribution >= 0.6 is 23.2 Å². The summed E-state index contributed by atoms with van der Waals surface area (Å²) in [6.45, 7) is 3.00. The molecule has 35 heavy (non-hydrogen) atoms. The van der Waals surface area contributed by atoms with E-state index in [-0.39, 0.29) is 5.91 Å². The van der Waals surface area contributed by atoms with Crippen molar-refractivity contribution in [1.82, 2.24) is 5.32 Å². The van der Waals surface area contributed by atoms with Crippen LogP contribution in [0.25, 0.3) is 0 Å². The van der Waals surface area contributed by atoms with Crippen LogP contribution in [0.1, 0.15) is 28.8 Å². The molecule has 1 saturated heterocycles. The first kappa shape index (κ1) is 25.2. The number of hydrogen-bond donors (Lipinski definition) is 1. The Kier molecular flexibility index (Phi) is 8.78. The van der Waals surface area contributed by atoms with Crippen molar-refractivity contribution in [2.75, 3.05) is 38.3 Å². The number of benzene rings is 3. The van der Waals surface area contributed by atoms with E-state index in [1.807, 2.05) is 12.1 Å². The minimum absolute atomic E-state index is 0.141. The maximum atomic E-state index is 13.0. The molecule has 0 spiro atoms. The molecule has 0 aromatic heterocycles. The number of carbonyl (C=O) groups excluding carboxylic acids is 1. The molecule has 1 N–H and O–H groups in total. The van der Waals surface area contributed by atoms with Crippen molar-refractivity contribution >= 4 is 34.8 Å². The third kappa shape index (κ3) is 6.83. The van der Waals surface area contributed by atoms with Crippen molar-refractivity contribution in [3.8, 4) is 11.5 Å². The fraction of sp³-hybridized carbons (Fsp3) is 0.321. The molecule has 0 unspecified atom stereocenters. The number of piperidine rings is 1. The van der Waals surface area contributed by atoms with Gasteiger partial charge in [0, 0.05) is 47.9 Å². The lowest BCUT2D eigenvalue weighted by atomic mass is 9.96. The summed E-state index contributed by atoms with van der Waals surface area (Å²) >= 11 is 12.3. The molecule has 1 amide bonds. The summed E-state index contributed by atoms with van der Waals surface area (Å²) in [5.74, 6) is 1.44. The van der Waals surface area contributed by atoms with Gasteiger partial charge in [0.2, 0.25) is 0 Å². The first-order valence-corrected chi connectivity index (χ1v) is 12.6. The Balaban J connectivity index is 1.32. The summed E-state index contributed by atoms with van der Waals surface area (Å²) in [6, 6.07) is 21.1. The molecule has 1 fully saturated rings. The Morgan fingerprint density at radius 2 is 1.80 bits per heavy atom. The van der Waals surface area contributed by atoms with E-state index in [4.69, 9.17) is 32.7 Å². The summed E-state index contributed by atoms with van der Waals surface area (Å²) in [4.78, 5) is 15.4. The zero-order valence-corrected chi connectivity index (χ0v) is 21.3. The van der Waals surface area contributed by atoms with Crippen molar-refractivity contribution in [2.45, 2.75) is 19.3 Å². The third-order valence-corrected chi connectivity index (χ3v) is 6.95. The van der Waals surface area contributed by atoms with Crippen LogP contribution in [0.15, 0.2) is 66.7 Å². The van der Waals surface area contributed by atoms with Crippen molar-refractivity contribution in [3.05, 3.63) is 87.9 Å². The standard InChI is InChI=1S/C28H30Cl2N2O3/c1-34-24-9-10-25(27(18-24)35-16-13-21-7-8-22(29)17-26(21)30)28(33)31-19-20-11-14-32(15-12-20)23-5-3-2-4-6-23/h2-10,17-18,20H,11-16,19H2,1H3,(H,31,33). The second-order valence-electron chi connectivity index (χ2n) is 8.67. The smallest absolute Gasteiger partial charge is 0.255 e. The van der Waals surface area contributed by atoms with Gasteiger partial charge in [-0.3, -0.25) is 4.79 Å². The van der Waals surface area contributed by atoms with Gasteiger partial charge in [-0.15, -0.1) is 0 Å². The molecule has 0 saturated carbocycles. The molecule has 5 nitrogen and oxygen atoms in total. The first-order chi connectivity index (χ1) is 17.0. The van der Waals surface area contributed by atoms with Gasteiger partial charge in [0.05, 0.1) is 19.3 Å². The fourth-order valence-electron chi connectivity index (χ4n) is 4.30. The van der Waals surface area contributed by atoms with Gasteiger partial charge in [-0.25, -0.2) is 0 Å². The summed E-state index contributed by atoms with van der Waals surface area (Å²) < 4.78 is 11.3. The van der Waals surface area contributed by atoms with Crippen LogP contribution in [-0.2, 0) is 6.42 Å². The van der Waals surface area contributed by atoms with Crippen molar-refractivity contribution < 1.29 is 14.3 Å². The quantitative estimate of drug-likeness (QED) is 0.367. The van der Waals surface area contributed by atoms with Gasteiger partial charge < -0.3 is 19.7 Å². The van der Waals surface area contributed by atoms with Crippen LogP contribution in [0.2, 0.25) is 10.0 Å². The lowest BCUT2D eigenvalue weighted by Crippen LogP contribution is -2.38. The number of carbonyl (C=O) groups is 1. The largest absolute Gasteiger partial charge is 0.497 e. The minimum atomic E-state index is -0.141. The number of anilines is 1. The van der Waals surface area contributed by atoms with E-state index < -0.39 is 0 Å². The van der Waals surface area contributed by atoms with E-state index in [1.165, 1.54) is 5.69 Å². The Bertz CT molecular complexity index is 1130. The first-order valence-electron chi connectivity index (χ1n) is 11.9. The number of rotatable bonds is 9. The van der Waals surface area contributed by atoms with E-state index in [0.29, 0.717) is 52.6 Å². The fourth-order valence-corrected chi connectivity index (χ4v) is 4.80. The molecule has 3 aromatic carbocycles. The molecule has 0 atom stereocenters. The predicted molar refractivity (Wildman–Crippen MR) is 142 cm³/mol. The highest BCUT2D eigenvalue weighted by Crippen LogP contribution is 2.27. The van der Waals surface area contributed by atoms with Crippen molar-refractivity contribution in [1.29, 1.82) is 0 Å². The molecule has 1 heterocycles. The average Bonchev–Trinajstić information content (AvgIpc) is 2.89. The number of para-hydroxylation sites is 1. The normalized spacial score (nSPS) is 14.0. The van der Waals surface area contributed by atoms with Gasteiger partial charge >= 0.3 is 0 Å². The van der Waals surface area contributed by atoms with Crippen LogP contribution in [-0.4, -0.2) is 39.3 Å². The summed E-state index contributed by atoms with van der Waals surface area (Å²) in [7, 11) is 1.59. The van der Waals surface area contributed by atoms with Crippen molar-refractivity contribution in [2.24, 2.45) is 5.92 Å². The average molecular weight is 513 g/mol. The predicted octanol–water partition coefficient (Wildman–Crippen LogP) is 6.27. The van der Waals surface area contributed by atoms with E-state index in [1.54, 1.807) is 37.4 Å². The van der Waals surface area contributed by atoms with Crippen LogP contribution in [0, 0.1) is 5.92 Å². The number of nitrogens with zero attached hydrogens (tertiary/aromatic N) is 1. The maximum absolute atomic E-state index is 13.0. The molecular weight excluding hydrogens is 483 g/mol. The van der Waals surface area contributed by atoms with Crippen LogP contribution < -0.4 is 19.7 Å². The number of nitrogens with one attached hydrogen (secondary N) is 1. The molecule has 1 aliphatic heterocycles. The second-order valence-corrected chi connectivity index (χ2v) is 9.52. The monoisotopic (exact) mass is 512 g/mol. The van der Waals surface area contributed by atoms with E-state index in [2.05, 4.69) is 34.5 Å². The highest BCUT2D eigenvalue weighted by atomic mass is 35.5. The molecule has 184 valence electrons. The Hall–Kier alpha value is -2.89. The van der Waals surface area contributed by atoms with E-state index in [0.717, 1.165) is 31.5 Å². The lowest BCUT2D eigenvalue weighted by molar-refractivity contribution is 0.0941. The van der Waals surface area contributed by atoms with Gasteiger partial charge in [-0.1, -0.05) is 47.5 Å². The topological polar surface area (TPSA) is 50.8 Å². The lowest BCUT2D eigenvalue weighted by Gasteiger charge is -2.33. The molecular formula is C28H30Cl2N2O3. The number of halogens is 2. The Morgan fingerprint density at radius 3 is 2.51 bits per heavy atom. The van der Waals surface area contributed by atoms with Crippen LogP contribution in [0.3, 0.4) is 0 Å². The van der Waals surface area contributed by atoms with Gasteiger partial charge in [-0.2, -0.15) is 0 Å². The van der Waals surface area contributed by atoms with Gasteiger partial charge in [0.1, 0.15) is 11.5 Å². The number of methoxy groups -OCH3 is 1. The zero-order chi connectivity index (χ0) is 24.6. The highest BCUT2D eigenvalue weighted by Gasteiger charge is 2.21. The molecule has 0 radical (unpaired) electrons. The van der Waals surface area contributed by atoms with E-state index >= 15 is 0 Å². The SMILES string of the molecule is COc1ccc(C(=O)NCC2CCN(c3ccccc3)CC2)c(OCCc2ccc(Cl)cc2Cl)c1. The Labute approximate surface area is 216 Å². The number of ether oxygens (including phenoxy) is 2. The zero-order valence-electron chi connectivity index (χ0n) is 19.8. The Morgan fingerprint density at radius 1 is 1.03 bits per heavy atom. The van der Waals surface area contributed by atoms with Gasteiger partial charge in [-0.05, 0) is 60.7 Å². The van der Waals surface area contributed by atoms with Crippen molar-refractivity contribution in [3.63, 3.8) is 0 Å². The van der Waals surface area contributed by atoms with E-state index in [9.17, 15) is 4.79 Å². The van der Waals surface area contributed by atoms with Crippen LogP contribution in [0.5, 0.6) is 11.5 Å². The second kappa shape index (κ2) is 12.2. The van der Waals surface area contributed by atoms with Gasteiger partial charge in [0.15, 0.2) is 0 Å². The summed E-state index contributed by atoms with van der Waals surface area (Å²) in [5.41, 5.74) is 2.69. The van der Waals surface area contributed by atoms with Crippen LogP contribution in [0.4, 0.5) is 5.69 Å². The molecule has 1 aliphatic rings. The highest BCUT2D eigenvalue weighted by molar-refractivity contribution is 6.35. The molecule has 4 rings (SSSR count). The summed E-state index contributed by atoms with van der Waals surface area (Å²) in [6.07, 6.45) is 2.68. The minimum Gasteiger partial charge on any atom is -0.497 e. The molecule has 3 aromatic rings. The third-order valence-electron chi connectivity index (χ3n) is 6.36. The number of amides is 1. The number of hydrogen-bond acceptors (Lipinski definition) is 4.